The lowest BCUT2D eigenvalue weighted by Gasteiger charge is -2.35. The van der Waals surface area contributed by atoms with Gasteiger partial charge in [-0.1, -0.05) is 19.3 Å². The Labute approximate surface area is 206 Å². The van der Waals surface area contributed by atoms with Crippen molar-refractivity contribution in [3.63, 3.8) is 0 Å². The fraction of sp³-hybridized carbons (Fsp3) is 0.792. The van der Waals surface area contributed by atoms with Crippen LogP contribution in [0, 0.1) is 5.92 Å². The molecule has 0 aromatic carbocycles. The highest BCUT2D eigenvalue weighted by Gasteiger charge is 2.42. The summed E-state index contributed by atoms with van der Waals surface area (Å²) in [5, 5.41) is 27.1. The zero-order valence-electron chi connectivity index (χ0n) is 20.6. The molecule has 2 aliphatic rings. The van der Waals surface area contributed by atoms with Gasteiger partial charge in [-0.05, 0) is 64.5 Å². The zero-order chi connectivity index (χ0) is 25.8. The quantitative estimate of drug-likeness (QED) is 0.250. The molecular weight excluding hydrogens is 456 g/mol. The predicted octanol–water partition coefficient (Wildman–Crippen LogP) is 0.868. The summed E-state index contributed by atoms with van der Waals surface area (Å²) in [7, 11) is 0. The van der Waals surface area contributed by atoms with E-state index in [2.05, 4.69) is 16.0 Å². The average molecular weight is 497 g/mol. The van der Waals surface area contributed by atoms with E-state index >= 15 is 0 Å². The van der Waals surface area contributed by atoms with E-state index in [-0.39, 0.29) is 25.3 Å². The number of nitrogens with zero attached hydrogens (tertiary/aromatic N) is 1. The molecule has 1 saturated carbocycles. The molecule has 198 valence electrons. The van der Waals surface area contributed by atoms with Crippen molar-refractivity contribution in [2.75, 3.05) is 26.2 Å². The standard InChI is InChI=1S/C24H40N4O7/c1-2-28(20(30)8-6-7-17-9-13-25-14-10-17)16-19(29)26-18(15-21(31)32)22(33)27-24(23(34)35)11-4-3-5-12-24/h17-18,25H,2-16H2,1H3,(H,26,29)(H,27,33)(H,31,32)(H,34,35). The SMILES string of the molecule is CCN(CC(=O)NC(CC(=O)O)C(=O)NC1(C(=O)O)CCCCC1)C(=O)CCCC1CCNCC1. The van der Waals surface area contributed by atoms with Gasteiger partial charge in [0.2, 0.25) is 17.7 Å². The normalized spacial score (nSPS) is 18.8. The number of amides is 3. The van der Waals surface area contributed by atoms with Gasteiger partial charge in [0.15, 0.2) is 0 Å². The van der Waals surface area contributed by atoms with Gasteiger partial charge >= 0.3 is 11.9 Å². The summed E-state index contributed by atoms with van der Waals surface area (Å²) in [5.41, 5.74) is -1.46. The minimum atomic E-state index is -1.46. The number of carboxylic acid groups (broad SMARTS) is 2. The third-order valence-electron chi connectivity index (χ3n) is 7.04. The van der Waals surface area contributed by atoms with Crippen LogP contribution in [0.1, 0.15) is 77.6 Å². The van der Waals surface area contributed by atoms with Crippen molar-refractivity contribution >= 4 is 29.7 Å². The molecule has 0 bridgehead atoms. The number of likely N-dealkylation sites (N-methyl/N-ethyl adjacent to an activating group) is 1. The molecule has 11 heteroatoms. The van der Waals surface area contributed by atoms with Gasteiger partial charge in [-0.25, -0.2) is 4.79 Å². The van der Waals surface area contributed by atoms with Crippen LogP contribution >= 0.6 is 0 Å². The lowest BCUT2D eigenvalue weighted by molar-refractivity contribution is -0.150. The fourth-order valence-corrected chi connectivity index (χ4v) is 4.91. The molecule has 0 aromatic rings. The van der Waals surface area contributed by atoms with Gasteiger partial charge in [0.05, 0.1) is 13.0 Å². The number of hydrogen-bond donors (Lipinski definition) is 5. The van der Waals surface area contributed by atoms with Crippen LogP contribution in [-0.2, 0) is 24.0 Å². The maximum atomic E-state index is 12.8. The van der Waals surface area contributed by atoms with E-state index < -0.39 is 41.8 Å². The summed E-state index contributed by atoms with van der Waals surface area (Å²) in [6.07, 6.45) is 6.16. The Hall–Kier alpha value is -2.69. The van der Waals surface area contributed by atoms with Gasteiger partial charge in [-0.15, -0.1) is 0 Å². The lowest BCUT2D eigenvalue weighted by atomic mass is 9.81. The highest BCUT2D eigenvalue weighted by molar-refractivity contribution is 5.95. The number of hydrogen-bond acceptors (Lipinski definition) is 6. The highest BCUT2D eigenvalue weighted by Crippen LogP contribution is 2.28. The molecule has 0 spiro atoms. The molecule has 0 radical (unpaired) electrons. The predicted molar refractivity (Wildman–Crippen MR) is 127 cm³/mol. The summed E-state index contributed by atoms with van der Waals surface area (Å²) < 4.78 is 0. The van der Waals surface area contributed by atoms with Gasteiger partial charge in [0.25, 0.3) is 0 Å². The maximum Gasteiger partial charge on any atom is 0.329 e. The molecule has 35 heavy (non-hydrogen) atoms. The van der Waals surface area contributed by atoms with Crippen LogP contribution in [0.25, 0.3) is 0 Å². The van der Waals surface area contributed by atoms with Crippen LogP contribution in [-0.4, -0.2) is 82.5 Å². The fourth-order valence-electron chi connectivity index (χ4n) is 4.91. The molecule has 1 unspecified atom stereocenters. The molecule has 2 rings (SSSR count). The Bertz CT molecular complexity index is 761. The van der Waals surface area contributed by atoms with E-state index in [0.717, 1.165) is 45.2 Å². The van der Waals surface area contributed by atoms with Crippen LogP contribution in [0.3, 0.4) is 0 Å². The van der Waals surface area contributed by atoms with Crippen LogP contribution in [0.15, 0.2) is 0 Å². The van der Waals surface area contributed by atoms with Crippen LogP contribution in [0.2, 0.25) is 0 Å². The monoisotopic (exact) mass is 496 g/mol. The largest absolute Gasteiger partial charge is 0.481 e. The van der Waals surface area contributed by atoms with E-state index in [0.29, 0.717) is 31.7 Å². The van der Waals surface area contributed by atoms with Crippen molar-refractivity contribution in [3.8, 4) is 0 Å². The van der Waals surface area contributed by atoms with E-state index in [4.69, 9.17) is 0 Å². The first-order chi connectivity index (χ1) is 16.7. The van der Waals surface area contributed by atoms with Gasteiger partial charge < -0.3 is 31.1 Å². The molecule has 3 amide bonds. The number of nitrogens with one attached hydrogen (secondary N) is 3. The van der Waals surface area contributed by atoms with Gasteiger partial charge in [-0.2, -0.15) is 0 Å². The average Bonchev–Trinajstić information content (AvgIpc) is 2.82. The minimum absolute atomic E-state index is 0.164. The van der Waals surface area contributed by atoms with Crippen molar-refractivity contribution in [1.29, 1.82) is 0 Å². The summed E-state index contributed by atoms with van der Waals surface area (Å²) in [6, 6.07) is -1.44. The third kappa shape index (κ3) is 9.12. The molecular formula is C24H40N4O7. The van der Waals surface area contributed by atoms with Crippen molar-refractivity contribution < 1.29 is 34.2 Å². The summed E-state index contributed by atoms with van der Waals surface area (Å²) >= 11 is 0. The van der Waals surface area contributed by atoms with Gasteiger partial charge in [0.1, 0.15) is 11.6 Å². The van der Waals surface area contributed by atoms with Gasteiger partial charge in [-0.3, -0.25) is 19.2 Å². The van der Waals surface area contributed by atoms with E-state index in [1.165, 1.54) is 4.90 Å². The molecule has 1 atom stereocenters. The van der Waals surface area contributed by atoms with E-state index in [1.807, 2.05) is 0 Å². The summed E-state index contributed by atoms with van der Waals surface area (Å²) in [4.78, 5) is 62.7. The number of carbonyl (C=O) groups excluding carboxylic acids is 3. The second kappa shape index (κ2) is 14.0. The summed E-state index contributed by atoms with van der Waals surface area (Å²) in [6.45, 7) is 3.75. The zero-order valence-corrected chi connectivity index (χ0v) is 20.6. The number of carbonyl (C=O) groups is 5. The lowest BCUT2D eigenvalue weighted by Crippen LogP contribution is -2.60. The first-order valence-corrected chi connectivity index (χ1v) is 12.7. The first kappa shape index (κ1) is 28.5. The molecule has 11 nitrogen and oxygen atoms in total. The van der Waals surface area contributed by atoms with E-state index in [1.54, 1.807) is 6.92 Å². The number of carboxylic acids is 2. The van der Waals surface area contributed by atoms with Crippen LogP contribution in [0.5, 0.6) is 0 Å². The second-order valence-electron chi connectivity index (χ2n) is 9.65. The molecule has 0 aromatic heterocycles. The Balaban J connectivity index is 1.91. The van der Waals surface area contributed by atoms with Crippen molar-refractivity contribution in [2.24, 2.45) is 5.92 Å². The number of rotatable bonds is 13. The number of piperidine rings is 1. The Morgan fingerprint density at radius 1 is 1.06 bits per heavy atom. The second-order valence-corrected chi connectivity index (χ2v) is 9.65. The number of aliphatic carboxylic acids is 2. The van der Waals surface area contributed by atoms with Crippen LogP contribution in [0.4, 0.5) is 0 Å². The molecule has 1 heterocycles. The van der Waals surface area contributed by atoms with Crippen LogP contribution < -0.4 is 16.0 Å². The minimum Gasteiger partial charge on any atom is -0.481 e. The van der Waals surface area contributed by atoms with E-state index in [9.17, 15) is 34.2 Å². The third-order valence-corrected chi connectivity index (χ3v) is 7.04. The van der Waals surface area contributed by atoms with Crippen molar-refractivity contribution in [3.05, 3.63) is 0 Å². The molecule has 1 aliphatic heterocycles. The topological polar surface area (TPSA) is 165 Å². The smallest absolute Gasteiger partial charge is 0.329 e. The molecule has 1 saturated heterocycles. The highest BCUT2D eigenvalue weighted by atomic mass is 16.4. The maximum absolute atomic E-state index is 12.8. The Kier molecular flexibility index (Phi) is 11.4. The molecule has 5 N–H and O–H groups in total. The molecule has 1 aliphatic carbocycles. The Morgan fingerprint density at radius 2 is 1.71 bits per heavy atom. The van der Waals surface area contributed by atoms with Crippen molar-refractivity contribution in [1.82, 2.24) is 20.9 Å². The Morgan fingerprint density at radius 3 is 2.29 bits per heavy atom. The molecule has 2 fully saturated rings. The summed E-state index contributed by atoms with van der Waals surface area (Å²) in [5.74, 6) is -3.54. The van der Waals surface area contributed by atoms with Gasteiger partial charge in [0, 0.05) is 13.0 Å². The first-order valence-electron chi connectivity index (χ1n) is 12.7. The van der Waals surface area contributed by atoms with Crippen molar-refractivity contribution in [2.45, 2.75) is 89.1 Å².